The van der Waals surface area contributed by atoms with Crippen molar-refractivity contribution in [2.45, 2.75) is 57.1 Å². The number of nitrogens with zero attached hydrogens (tertiary/aromatic N) is 3. The minimum Gasteiger partial charge on any atom is -0.495 e. The van der Waals surface area contributed by atoms with E-state index in [1.807, 2.05) is 45.0 Å². The SMILES string of the molecule is COc1ccc(C)cc1S(=O)(=O)N(C)CC(=O)N1C[C@@H]2C[C@H]1CN2C(=O)[C@@H](NC(=O)c1cc2ccccc2[nH]1)C(C)(C)C. The lowest BCUT2D eigenvalue weighted by molar-refractivity contribution is -0.142. The highest BCUT2D eigenvalue weighted by molar-refractivity contribution is 7.89. The summed E-state index contributed by atoms with van der Waals surface area (Å²) in [4.78, 5) is 46.9. The zero-order chi connectivity index (χ0) is 31.3. The summed E-state index contributed by atoms with van der Waals surface area (Å²) in [5.41, 5.74) is 1.41. The number of H-pyrrole nitrogens is 1. The minimum atomic E-state index is -3.98. The van der Waals surface area contributed by atoms with Crippen LogP contribution in [0.25, 0.3) is 10.9 Å². The third kappa shape index (κ3) is 5.85. The smallest absolute Gasteiger partial charge is 0.268 e. The van der Waals surface area contributed by atoms with Crippen molar-refractivity contribution in [3.63, 3.8) is 0 Å². The molecule has 0 unspecified atom stereocenters. The maximum Gasteiger partial charge on any atom is 0.268 e. The first kappa shape index (κ1) is 30.6. The van der Waals surface area contributed by atoms with Gasteiger partial charge in [-0.15, -0.1) is 0 Å². The molecule has 2 aliphatic heterocycles. The monoisotopic (exact) mass is 609 g/mol. The zero-order valence-electron chi connectivity index (χ0n) is 25.4. The van der Waals surface area contributed by atoms with Crippen LogP contribution in [0.1, 0.15) is 43.2 Å². The number of fused-ring (bicyclic) bond motifs is 3. The summed E-state index contributed by atoms with van der Waals surface area (Å²) in [6.45, 7) is 7.81. The fourth-order valence-corrected chi connectivity index (χ4v) is 7.34. The molecule has 11 nitrogen and oxygen atoms in total. The Hall–Kier alpha value is -3.90. The Kier molecular flexibility index (Phi) is 8.03. The summed E-state index contributed by atoms with van der Waals surface area (Å²) in [7, 11) is -1.20. The van der Waals surface area contributed by atoms with Crippen LogP contribution in [0.5, 0.6) is 5.75 Å². The predicted octanol–water partition coefficient (Wildman–Crippen LogP) is 2.76. The van der Waals surface area contributed by atoms with E-state index < -0.39 is 21.5 Å². The standard InChI is InChI=1S/C31H39N5O6S/c1-19-11-12-25(42-6)26(13-19)43(40,41)34(5)18-27(37)35-16-22-15-21(35)17-36(22)30(39)28(31(2,3)4)33-29(38)24-14-20-9-7-8-10-23(20)32-24/h7-14,21-22,28,32H,15-18H2,1-6H3,(H,33,38)/t21-,22-,28+/m0/s1. The lowest BCUT2D eigenvalue weighted by Crippen LogP contribution is -2.59. The number of likely N-dealkylation sites (tertiary alicyclic amines) is 2. The van der Waals surface area contributed by atoms with Gasteiger partial charge in [0.05, 0.1) is 25.7 Å². The van der Waals surface area contributed by atoms with Crippen molar-refractivity contribution in [2.24, 2.45) is 5.41 Å². The largest absolute Gasteiger partial charge is 0.495 e. The van der Waals surface area contributed by atoms with Gasteiger partial charge in [0.1, 0.15) is 22.4 Å². The average molecular weight is 610 g/mol. The first-order valence-electron chi connectivity index (χ1n) is 14.3. The van der Waals surface area contributed by atoms with Crippen LogP contribution in [0.2, 0.25) is 0 Å². The number of aromatic nitrogens is 1. The molecule has 5 rings (SSSR count). The van der Waals surface area contributed by atoms with Crippen LogP contribution in [-0.4, -0.2) is 97.1 Å². The number of nitrogens with one attached hydrogen (secondary N) is 2. The number of benzene rings is 2. The Bertz CT molecular complexity index is 1640. The van der Waals surface area contributed by atoms with Gasteiger partial charge in [0.25, 0.3) is 5.91 Å². The third-order valence-corrected chi connectivity index (χ3v) is 10.2. The molecule has 0 radical (unpaired) electrons. The number of aromatic amines is 1. The molecule has 2 saturated heterocycles. The van der Waals surface area contributed by atoms with Crippen LogP contribution in [-0.2, 0) is 19.6 Å². The van der Waals surface area contributed by atoms with E-state index in [1.165, 1.54) is 20.2 Å². The summed E-state index contributed by atoms with van der Waals surface area (Å²) < 4.78 is 32.9. The van der Waals surface area contributed by atoms with E-state index in [4.69, 9.17) is 4.74 Å². The van der Waals surface area contributed by atoms with Gasteiger partial charge in [0.2, 0.25) is 21.8 Å². The molecule has 1 aromatic heterocycles. The maximum atomic E-state index is 13.8. The molecule has 2 bridgehead atoms. The molecule has 0 spiro atoms. The highest BCUT2D eigenvalue weighted by Crippen LogP contribution is 2.34. The van der Waals surface area contributed by atoms with Crippen LogP contribution in [0.4, 0.5) is 0 Å². The molecular formula is C31H39N5O6S. The van der Waals surface area contributed by atoms with E-state index in [-0.39, 0.29) is 47.0 Å². The Morgan fingerprint density at radius 1 is 1.07 bits per heavy atom. The van der Waals surface area contributed by atoms with Crippen molar-refractivity contribution in [3.8, 4) is 5.75 Å². The summed E-state index contributed by atoms with van der Waals surface area (Å²) >= 11 is 0. The van der Waals surface area contributed by atoms with Crippen LogP contribution in [0.3, 0.4) is 0 Å². The second-order valence-corrected chi connectivity index (χ2v) is 14.6. The molecule has 12 heteroatoms. The van der Waals surface area contributed by atoms with Crippen LogP contribution < -0.4 is 10.1 Å². The molecule has 3 amide bonds. The molecular weight excluding hydrogens is 570 g/mol. The van der Waals surface area contributed by atoms with E-state index in [9.17, 15) is 22.8 Å². The Morgan fingerprint density at radius 2 is 1.74 bits per heavy atom. The van der Waals surface area contributed by atoms with Crippen molar-refractivity contribution >= 4 is 38.6 Å². The second kappa shape index (κ2) is 11.3. The summed E-state index contributed by atoms with van der Waals surface area (Å²) in [6.07, 6.45) is 0.604. The van der Waals surface area contributed by atoms with Gasteiger partial charge < -0.3 is 24.8 Å². The molecule has 3 aromatic rings. The number of ether oxygens (including phenoxy) is 1. The summed E-state index contributed by atoms with van der Waals surface area (Å²) in [5.74, 6) is -0.663. The fraction of sp³-hybridized carbons (Fsp3) is 0.452. The van der Waals surface area contributed by atoms with Crippen molar-refractivity contribution in [1.82, 2.24) is 24.4 Å². The highest BCUT2D eigenvalue weighted by atomic mass is 32.2. The van der Waals surface area contributed by atoms with Gasteiger partial charge in [-0.05, 0) is 48.6 Å². The number of carbonyl (C=O) groups excluding carboxylic acids is 3. The van der Waals surface area contributed by atoms with E-state index in [0.717, 1.165) is 20.8 Å². The van der Waals surface area contributed by atoms with Crippen molar-refractivity contribution in [2.75, 3.05) is 33.8 Å². The molecule has 2 aliphatic rings. The quantitative estimate of drug-likeness (QED) is 0.404. The van der Waals surface area contributed by atoms with E-state index in [1.54, 1.807) is 34.9 Å². The number of amides is 3. The minimum absolute atomic E-state index is 0.00716. The number of aryl methyl sites for hydroxylation is 1. The average Bonchev–Trinajstić information content (AvgIpc) is 3.69. The molecule has 230 valence electrons. The first-order chi connectivity index (χ1) is 20.2. The summed E-state index contributed by atoms with van der Waals surface area (Å²) in [6, 6.07) is 13.0. The highest BCUT2D eigenvalue weighted by Gasteiger charge is 2.50. The lowest BCUT2D eigenvalue weighted by atomic mass is 9.85. The molecule has 3 atom stereocenters. The third-order valence-electron chi connectivity index (χ3n) is 8.37. The van der Waals surface area contributed by atoms with Gasteiger partial charge in [0, 0.05) is 31.0 Å². The van der Waals surface area contributed by atoms with Crippen LogP contribution in [0.15, 0.2) is 53.4 Å². The van der Waals surface area contributed by atoms with Crippen molar-refractivity contribution in [3.05, 3.63) is 59.8 Å². The number of piperazine rings is 1. The second-order valence-electron chi connectivity index (χ2n) is 12.5. The lowest BCUT2D eigenvalue weighted by Gasteiger charge is -2.39. The van der Waals surface area contributed by atoms with Gasteiger partial charge in [-0.2, -0.15) is 4.31 Å². The molecule has 2 aromatic carbocycles. The number of para-hydroxylation sites is 1. The number of carbonyl (C=O) groups is 3. The predicted molar refractivity (Wildman–Crippen MR) is 162 cm³/mol. The summed E-state index contributed by atoms with van der Waals surface area (Å²) in [5, 5.41) is 3.86. The topological polar surface area (TPSA) is 132 Å². The van der Waals surface area contributed by atoms with Gasteiger partial charge >= 0.3 is 0 Å². The molecule has 0 saturated carbocycles. The maximum absolute atomic E-state index is 13.8. The van der Waals surface area contributed by atoms with E-state index in [0.29, 0.717) is 25.2 Å². The van der Waals surface area contributed by atoms with E-state index in [2.05, 4.69) is 10.3 Å². The normalized spacial score (nSPS) is 19.2. The molecule has 2 fully saturated rings. The Balaban J connectivity index is 1.24. The Morgan fingerprint density at radius 3 is 2.37 bits per heavy atom. The molecule has 43 heavy (non-hydrogen) atoms. The first-order valence-corrected chi connectivity index (χ1v) is 15.7. The van der Waals surface area contributed by atoms with Crippen LogP contribution >= 0.6 is 0 Å². The van der Waals surface area contributed by atoms with Gasteiger partial charge in [-0.1, -0.05) is 45.0 Å². The number of methoxy groups -OCH3 is 1. The zero-order valence-corrected chi connectivity index (χ0v) is 26.2. The van der Waals surface area contributed by atoms with Crippen molar-refractivity contribution < 1.29 is 27.5 Å². The molecule has 3 heterocycles. The Labute approximate surface area is 252 Å². The number of rotatable bonds is 8. The number of sulfonamides is 1. The fourth-order valence-electron chi connectivity index (χ4n) is 5.98. The van der Waals surface area contributed by atoms with Gasteiger partial charge in [-0.3, -0.25) is 14.4 Å². The van der Waals surface area contributed by atoms with Gasteiger partial charge in [-0.25, -0.2) is 8.42 Å². The van der Waals surface area contributed by atoms with E-state index >= 15 is 0 Å². The molecule has 0 aliphatic carbocycles. The number of likely N-dealkylation sites (N-methyl/N-ethyl adjacent to an activating group) is 1. The van der Waals surface area contributed by atoms with Gasteiger partial charge in [0.15, 0.2) is 0 Å². The molecule has 2 N–H and O–H groups in total. The van der Waals surface area contributed by atoms with Crippen molar-refractivity contribution in [1.29, 1.82) is 0 Å². The number of hydrogen-bond acceptors (Lipinski definition) is 6. The van der Waals surface area contributed by atoms with Crippen LogP contribution in [0, 0.1) is 12.3 Å². The number of hydrogen-bond donors (Lipinski definition) is 2.